The van der Waals surface area contributed by atoms with Crippen LogP contribution in [0.5, 0.6) is 0 Å². The molecule has 0 radical (unpaired) electrons. The van der Waals surface area contributed by atoms with E-state index in [0.717, 1.165) is 6.07 Å². The Bertz CT molecular complexity index is 434. The summed E-state index contributed by atoms with van der Waals surface area (Å²) in [5.41, 5.74) is -1.16. The SMILES string of the molecule is CC(Nc1cc(Br)ccc1C(F)(F)F)C(=O)O. The highest BCUT2D eigenvalue weighted by Gasteiger charge is 2.34. The van der Waals surface area contributed by atoms with Crippen LogP contribution in [0.15, 0.2) is 22.7 Å². The van der Waals surface area contributed by atoms with E-state index in [1.165, 1.54) is 19.1 Å². The highest BCUT2D eigenvalue weighted by atomic mass is 79.9. The molecule has 0 spiro atoms. The van der Waals surface area contributed by atoms with Gasteiger partial charge in [-0.2, -0.15) is 13.2 Å². The Hall–Kier alpha value is -1.24. The lowest BCUT2D eigenvalue weighted by Gasteiger charge is -2.17. The van der Waals surface area contributed by atoms with Crippen molar-refractivity contribution in [3.63, 3.8) is 0 Å². The number of rotatable bonds is 3. The molecule has 7 heteroatoms. The third kappa shape index (κ3) is 3.62. The van der Waals surface area contributed by atoms with E-state index in [-0.39, 0.29) is 5.69 Å². The van der Waals surface area contributed by atoms with Crippen molar-refractivity contribution in [2.45, 2.75) is 19.1 Å². The van der Waals surface area contributed by atoms with Crippen LogP contribution in [-0.4, -0.2) is 17.1 Å². The first-order valence-corrected chi connectivity index (χ1v) is 5.37. The molecule has 0 aliphatic heterocycles. The van der Waals surface area contributed by atoms with Gasteiger partial charge in [0.15, 0.2) is 0 Å². The minimum absolute atomic E-state index is 0.262. The Labute approximate surface area is 104 Å². The van der Waals surface area contributed by atoms with E-state index >= 15 is 0 Å². The maximum absolute atomic E-state index is 12.6. The fraction of sp³-hybridized carbons (Fsp3) is 0.300. The maximum atomic E-state index is 12.6. The Morgan fingerprint density at radius 2 is 2.06 bits per heavy atom. The summed E-state index contributed by atoms with van der Waals surface area (Å²) in [6, 6.07) is 2.23. The molecule has 0 amide bonds. The van der Waals surface area contributed by atoms with Crippen molar-refractivity contribution in [1.29, 1.82) is 0 Å². The van der Waals surface area contributed by atoms with Gasteiger partial charge < -0.3 is 10.4 Å². The molecule has 3 nitrogen and oxygen atoms in total. The zero-order chi connectivity index (χ0) is 13.2. The van der Waals surface area contributed by atoms with Gasteiger partial charge >= 0.3 is 12.1 Å². The summed E-state index contributed by atoms with van der Waals surface area (Å²) < 4.78 is 38.3. The minimum Gasteiger partial charge on any atom is -0.480 e. The fourth-order valence-corrected chi connectivity index (χ4v) is 1.54. The van der Waals surface area contributed by atoms with Crippen molar-refractivity contribution < 1.29 is 23.1 Å². The first kappa shape index (κ1) is 13.8. The molecule has 1 unspecified atom stereocenters. The van der Waals surface area contributed by atoms with Gasteiger partial charge in [0, 0.05) is 10.2 Å². The van der Waals surface area contributed by atoms with Crippen molar-refractivity contribution in [1.82, 2.24) is 0 Å². The Morgan fingerprint density at radius 1 is 1.47 bits per heavy atom. The molecular formula is C10H9BrF3NO2. The number of benzene rings is 1. The third-order valence-corrected chi connectivity index (χ3v) is 2.52. The van der Waals surface area contributed by atoms with E-state index in [0.29, 0.717) is 4.47 Å². The number of anilines is 1. The zero-order valence-electron chi connectivity index (χ0n) is 8.68. The first-order chi connectivity index (χ1) is 7.71. The third-order valence-electron chi connectivity index (χ3n) is 2.03. The normalized spacial score (nSPS) is 13.2. The quantitative estimate of drug-likeness (QED) is 0.900. The predicted molar refractivity (Wildman–Crippen MR) is 59.9 cm³/mol. The summed E-state index contributed by atoms with van der Waals surface area (Å²) in [7, 11) is 0. The number of alkyl halides is 3. The van der Waals surface area contributed by atoms with E-state index in [9.17, 15) is 18.0 Å². The number of carboxylic acid groups (broad SMARTS) is 1. The van der Waals surface area contributed by atoms with Crippen LogP contribution in [0, 0.1) is 0 Å². The zero-order valence-corrected chi connectivity index (χ0v) is 10.3. The van der Waals surface area contributed by atoms with Gasteiger partial charge in [-0.3, -0.25) is 4.79 Å². The van der Waals surface area contributed by atoms with Gasteiger partial charge in [0.25, 0.3) is 0 Å². The number of nitrogens with one attached hydrogen (secondary N) is 1. The van der Waals surface area contributed by atoms with Crippen molar-refractivity contribution in [2.24, 2.45) is 0 Å². The monoisotopic (exact) mass is 311 g/mol. The molecule has 0 bridgehead atoms. The standard InChI is InChI=1S/C10H9BrF3NO2/c1-5(9(16)17)15-8-4-6(11)2-3-7(8)10(12,13)14/h2-5,15H,1H3,(H,16,17). The summed E-state index contributed by atoms with van der Waals surface area (Å²) in [6.45, 7) is 1.27. The second-order valence-corrected chi connectivity index (χ2v) is 4.31. The Morgan fingerprint density at radius 3 is 2.53 bits per heavy atom. The summed E-state index contributed by atoms with van der Waals surface area (Å²) in [4.78, 5) is 10.6. The highest BCUT2D eigenvalue weighted by molar-refractivity contribution is 9.10. The number of carboxylic acids is 1. The van der Waals surface area contributed by atoms with Gasteiger partial charge in [-0.1, -0.05) is 15.9 Å². The molecule has 0 aliphatic rings. The smallest absolute Gasteiger partial charge is 0.418 e. The van der Waals surface area contributed by atoms with Crippen LogP contribution in [-0.2, 0) is 11.0 Å². The van der Waals surface area contributed by atoms with Crippen molar-refractivity contribution in [2.75, 3.05) is 5.32 Å². The van der Waals surface area contributed by atoms with Crippen LogP contribution in [0.3, 0.4) is 0 Å². The van der Waals surface area contributed by atoms with Crippen LogP contribution >= 0.6 is 15.9 Å². The number of carbonyl (C=O) groups is 1. The van der Waals surface area contributed by atoms with Gasteiger partial charge in [0.2, 0.25) is 0 Å². The molecule has 1 aromatic rings. The largest absolute Gasteiger partial charge is 0.480 e. The molecule has 0 fully saturated rings. The molecule has 0 saturated carbocycles. The second kappa shape index (κ2) is 4.95. The summed E-state index contributed by atoms with van der Waals surface area (Å²) >= 11 is 3.04. The van der Waals surface area contributed by atoms with Crippen LogP contribution in [0.25, 0.3) is 0 Å². The average molecular weight is 312 g/mol. The molecule has 2 N–H and O–H groups in total. The average Bonchev–Trinajstić information content (AvgIpc) is 2.15. The number of hydrogen-bond donors (Lipinski definition) is 2. The second-order valence-electron chi connectivity index (χ2n) is 3.39. The van der Waals surface area contributed by atoms with E-state index in [4.69, 9.17) is 5.11 Å². The van der Waals surface area contributed by atoms with E-state index in [1.807, 2.05) is 0 Å². The van der Waals surface area contributed by atoms with E-state index in [2.05, 4.69) is 21.2 Å². The lowest BCUT2D eigenvalue weighted by atomic mass is 10.1. The van der Waals surface area contributed by atoms with E-state index < -0.39 is 23.8 Å². The van der Waals surface area contributed by atoms with Crippen molar-refractivity contribution in [3.05, 3.63) is 28.2 Å². The van der Waals surface area contributed by atoms with Gasteiger partial charge in [-0.15, -0.1) is 0 Å². The van der Waals surface area contributed by atoms with Gasteiger partial charge in [-0.25, -0.2) is 0 Å². The molecule has 1 atom stereocenters. The van der Waals surface area contributed by atoms with Gasteiger partial charge in [-0.05, 0) is 25.1 Å². The molecule has 0 aliphatic carbocycles. The van der Waals surface area contributed by atoms with Gasteiger partial charge in [0.1, 0.15) is 6.04 Å². The van der Waals surface area contributed by atoms with Crippen molar-refractivity contribution in [3.8, 4) is 0 Å². The lowest BCUT2D eigenvalue weighted by Crippen LogP contribution is -2.26. The highest BCUT2D eigenvalue weighted by Crippen LogP contribution is 2.36. The predicted octanol–water partition coefficient (Wildman–Crippen LogP) is 3.35. The molecular weight excluding hydrogens is 303 g/mol. The summed E-state index contributed by atoms with van der Waals surface area (Å²) in [5.74, 6) is -1.22. The van der Waals surface area contributed by atoms with Crippen LogP contribution in [0.2, 0.25) is 0 Å². The molecule has 17 heavy (non-hydrogen) atoms. The van der Waals surface area contributed by atoms with Crippen LogP contribution < -0.4 is 5.32 Å². The first-order valence-electron chi connectivity index (χ1n) is 4.58. The number of hydrogen-bond acceptors (Lipinski definition) is 2. The topological polar surface area (TPSA) is 49.3 Å². The molecule has 0 saturated heterocycles. The molecule has 0 heterocycles. The fourth-order valence-electron chi connectivity index (χ4n) is 1.18. The van der Waals surface area contributed by atoms with Crippen LogP contribution in [0.4, 0.5) is 18.9 Å². The van der Waals surface area contributed by atoms with Gasteiger partial charge in [0.05, 0.1) is 5.56 Å². The molecule has 0 aromatic heterocycles. The van der Waals surface area contributed by atoms with Crippen molar-refractivity contribution >= 4 is 27.6 Å². The molecule has 94 valence electrons. The Balaban J connectivity index is 3.12. The molecule has 1 rings (SSSR count). The van der Waals surface area contributed by atoms with E-state index in [1.54, 1.807) is 0 Å². The molecule has 1 aromatic carbocycles. The van der Waals surface area contributed by atoms with Crippen LogP contribution in [0.1, 0.15) is 12.5 Å². The number of halogens is 4. The lowest BCUT2D eigenvalue weighted by molar-refractivity contribution is -0.139. The summed E-state index contributed by atoms with van der Waals surface area (Å²) in [5, 5.41) is 11.0. The summed E-state index contributed by atoms with van der Waals surface area (Å²) in [6.07, 6.45) is -4.53. The maximum Gasteiger partial charge on any atom is 0.418 e. The number of aliphatic carboxylic acids is 1. The minimum atomic E-state index is -4.53. The Kier molecular flexibility index (Phi) is 4.03.